The molecule has 1 aromatic heterocycles. The highest BCUT2D eigenvalue weighted by Gasteiger charge is 2.06. The van der Waals surface area contributed by atoms with Crippen molar-refractivity contribution in [2.45, 2.75) is 26.4 Å². The van der Waals surface area contributed by atoms with Crippen LogP contribution in [-0.2, 0) is 17.8 Å². The number of nitrogens with two attached hydrogens (primary N) is 1. The molecule has 6 heteroatoms. The van der Waals surface area contributed by atoms with Crippen LogP contribution in [0, 0.1) is 0 Å². The molecule has 0 saturated heterocycles. The minimum absolute atomic E-state index is 0.540. The summed E-state index contributed by atoms with van der Waals surface area (Å²) in [6, 6.07) is 9.74. The third-order valence-electron chi connectivity index (χ3n) is 2.97. The number of hydrogen-bond donors (Lipinski definition) is 3. The third-order valence-corrected chi connectivity index (χ3v) is 2.97. The van der Waals surface area contributed by atoms with Gasteiger partial charge in [0.2, 0.25) is 0 Å². The van der Waals surface area contributed by atoms with Gasteiger partial charge in [-0.25, -0.2) is 15.8 Å². The molecule has 2 rings (SSSR count). The molecule has 0 unspecified atom stereocenters. The zero-order chi connectivity index (χ0) is 15.1. The van der Waals surface area contributed by atoms with Crippen LogP contribution in [0.25, 0.3) is 0 Å². The Morgan fingerprint density at radius 2 is 1.95 bits per heavy atom. The Hall–Kier alpha value is -2.18. The lowest BCUT2D eigenvalue weighted by Gasteiger charge is -2.12. The van der Waals surface area contributed by atoms with Crippen LogP contribution in [0.3, 0.4) is 0 Å². The lowest BCUT2D eigenvalue weighted by molar-refractivity contribution is 0.185. The maximum Gasteiger partial charge on any atom is 0.145 e. The fraction of sp³-hybridized carbons (Fsp3) is 0.333. The number of para-hydroxylation sites is 1. The van der Waals surface area contributed by atoms with Crippen LogP contribution < -0.4 is 16.6 Å². The number of aryl methyl sites for hydroxylation is 1. The molecule has 0 amide bonds. The molecule has 112 valence electrons. The number of nitrogens with one attached hydrogen (secondary N) is 2. The van der Waals surface area contributed by atoms with Gasteiger partial charge in [0, 0.05) is 30.8 Å². The van der Waals surface area contributed by atoms with E-state index in [4.69, 9.17) is 10.6 Å². The summed E-state index contributed by atoms with van der Waals surface area (Å²) < 4.78 is 5.21. The monoisotopic (exact) mass is 287 g/mol. The van der Waals surface area contributed by atoms with Crippen LogP contribution in [-0.4, -0.2) is 17.1 Å². The summed E-state index contributed by atoms with van der Waals surface area (Å²) in [4.78, 5) is 8.84. The first-order chi connectivity index (χ1) is 10.3. The molecule has 4 N–H and O–H groups in total. The Morgan fingerprint density at radius 3 is 2.67 bits per heavy atom. The molecule has 0 fully saturated rings. The van der Waals surface area contributed by atoms with Gasteiger partial charge in [-0.1, -0.05) is 25.1 Å². The Bertz CT molecular complexity index is 588. The molecule has 2 aromatic rings. The largest absolute Gasteiger partial charge is 0.380 e. The van der Waals surface area contributed by atoms with E-state index in [0.29, 0.717) is 18.2 Å². The van der Waals surface area contributed by atoms with Crippen LogP contribution in [0.2, 0.25) is 0 Å². The standard InChI is InChI=1S/C15H21N5O/c1-3-6-13-18-14(9-15(19-13)20-16)17-12-8-5-4-7-11(12)10-21-2/h4-5,7-9H,3,6,10,16H2,1-2H3,(H2,17,18,19,20). The highest BCUT2D eigenvalue weighted by atomic mass is 16.5. The van der Waals surface area contributed by atoms with Gasteiger partial charge in [0.15, 0.2) is 0 Å². The molecule has 6 nitrogen and oxygen atoms in total. The summed E-state index contributed by atoms with van der Waals surface area (Å²) >= 11 is 0. The first-order valence-electron chi connectivity index (χ1n) is 6.95. The van der Waals surface area contributed by atoms with E-state index in [9.17, 15) is 0 Å². The van der Waals surface area contributed by atoms with Crippen LogP contribution in [0.15, 0.2) is 30.3 Å². The van der Waals surface area contributed by atoms with E-state index in [0.717, 1.165) is 29.9 Å². The number of ether oxygens (including phenoxy) is 1. The Labute approximate surface area is 124 Å². The molecule has 0 bridgehead atoms. The van der Waals surface area contributed by atoms with Gasteiger partial charge < -0.3 is 15.5 Å². The number of nitrogens with zero attached hydrogens (tertiary/aromatic N) is 2. The highest BCUT2D eigenvalue weighted by Crippen LogP contribution is 2.21. The predicted octanol–water partition coefficient (Wildman–Crippen LogP) is 2.60. The van der Waals surface area contributed by atoms with Crippen LogP contribution in [0.5, 0.6) is 0 Å². The van der Waals surface area contributed by atoms with Gasteiger partial charge >= 0.3 is 0 Å². The van der Waals surface area contributed by atoms with Crippen molar-refractivity contribution in [3.05, 3.63) is 41.7 Å². The fourth-order valence-electron chi connectivity index (χ4n) is 2.03. The summed E-state index contributed by atoms with van der Waals surface area (Å²) in [6.45, 7) is 2.63. The van der Waals surface area contributed by atoms with Crippen LogP contribution in [0.4, 0.5) is 17.3 Å². The van der Waals surface area contributed by atoms with Gasteiger partial charge in [-0.2, -0.15) is 0 Å². The highest BCUT2D eigenvalue weighted by molar-refractivity contribution is 5.62. The molecule has 1 aromatic carbocycles. The molecule has 0 atom stereocenters. The molecule has 0 spiro atoms. The Morgan fingerprint density at radius 1 is 1.19 bits per heavy atom. The number of benzene rings is 1. The second kappa shape index (κ2) is 7.56. The van der Waals surface area contributed by atoms with E-state index in [2.05, 4.69) is 27.6 Å². The second-order valence-corrected chi connectivity index (χ2v) is 4.66. The number of aromatic nitrogens is 2. The van der Waals surface area contributed by atoms with Crippen molar-refractivity contribution in [1.29, 1.82) is 0 Å². The smallest absolute Gasteiger partial charge is 0.145 e. The Kier molecular flexibility index (Phi) is 5.48. The van der Waals surface area contributed by atoms with Gasteiger partial charge in [-0.3, -0.25) is 0 Å². The summed E-state index contributed by atoms with van der Waals surface area (Å²) in [6.07, 6.45) is 1.79. The van der Waals surface area contributed by atoms with Crippen molar-refractivity contribution >= 4 is 17.3 Å². The van der Waals surface area contributed by atoms with Crippen molar-refractivity contribution in [3.63, 3.8) is 0 Å². The topological polar surface area (TPSA) is 85.1 Å². The van der Waals surface area contributed by atoms with Crippen molar-refractivity contribution in [3.8, 4) is 0 Å². The molecular formula is C15H21N5O. The van der Waals surface area contributed by atoms with Gasteiger partial charge in [-0.15, -0.1) is 0 Å². The summed E-state index contributed by atoms with van der Waals surface area (Å²) in [5, 5.41) is 3.30. The quantitative estimate of drug-likeness (QED) is 0.536. The number of methoxy groups -OCH3 is 1. The van der Waals surface area contributed by atoms with Crippen molar-refractivity contribution in [2.75, 3.05) is 17.9 Å². The van der Waals surface area contributed by atoms with Gasteiger partial charge in [-0.05, 0) is 12.5 Å². The van der Waals surface area contributed by atoms with Crippen molar-refractivity contribution in [2.24, 2.45) is 5.84 Å². The van der Waals surface area contributed by atoms with E-state index < -0.39 is 0 Å². The average molecular weight is 287 g/mol. The minimum Gasteiger partial charge on any atom is -0.380 e. The van der Waals surface area contributed by atoms with Gasteiger partial charge in [0.25, 0.3) is 0 Å². The van der Waals surface area contributed by atoms with Crippen LogP contribution >= 0.6 is 0 Å². The third kappa shape index (κ3) is 4.14. The van der Waals surface area contributed by atoms with E-state index >= 15 is 0 Å². The van der Waals surface area contributed by atoms with E-state index in [1.54, 1.807) is 13.2 Å². The van der Waals surface area contributed by atoms with Gasteiger partial charge in [0.1, 0.15) is 17.5 Å². The minimum atomic E-state index is 0.540. The zero-order valence-corrected chi connectivity index (χ0v) is 12.4. The van der Waals surface area contributed by atoms with Crippen molar-refractivity contribution < 1.29 is 4.74 Å². The van der Waals surface area contributed by atoms with Gasteiger partial charge in [0.05, 0.1) is 6.61 Å². The molecule has 1 heterocycles. The molecular weight excluding hydrogens is 266 g/mol. The van der Waals surface area contributed by atoms with E-state index in [1.807, 2.05) is 24.3 Å². The number of hydrazine groups is 1. The molecule has 21 heavy (non-hydrogen) atoms. The first kappa shape index (κ1) is 15.2. The normalized spacial score (nSPS) is 10.4. The number of hydrogen-bond acceptors (Lipinski definition) is 6. The molecule has 0 aliphatic heterocycles. The number of nitrogen functional groups attached to an aromatic ring is 1. The lowest BCUT2D eigenvalue weighted by Crippen LogP contribution is -2.11. The SMILES string of the molecule is CCCc1nc(NN)cc(Nc2ccccc2COC)n1. The summed E-state index contributed by atoms with van der Waals surface area (Å²) in [7, 11) is 1.68. The zero-order valence-electron chi connectivity index (χ0n) is 12.4. The molecule has 0 aliphatic rings. The summed E-state index contributed by atoms with van der Waals surface area (Å²) in [5.41, 5.74) is 4.60. The van der Waals surface area contributed by atoms with E-state index in [1.165, 1.54) is 0 Å². The molecule has 0 saturated carbocycles. The molecule has 0 aliphatic carbocycles. The molecule has 0 radical (unpaired) electrons. The lowest BCUT2D eigenvalue weighted by atomic mass is 10.2. The van der Waals surface area contributed by atoms with Crippen LogP contribution in [0.1, 0.15) is 24.7 Å². The van der Waals surface area contributed by atoms with Crippen molar-refractivity contribution in [1.82, 2.24) is 9.97 Å². The summed E-state index contributed by atoms with van der Waals surface area (Å²) in [5.74, 6) is 7.54. The Balaban J connectivity index is 2.28. The fourth-order valence-corrected chi connectivity index (χ4v) is 2.03. The second-order valence-electron chi connectivity index (χ2n) is 4.66. The maximum atomic E-state index is 5.47. The number of rotatable bonds is 7. The predicted molar refractivity (Wildman–Crippen MR) is 84.3 cm³/mol. The average Bonchev–Trinajstić information content (AvgIpc) is 2.49. The number of anilines is 3. The first-order valence-corrected chi connectivity index (χ1v) is 6.95. The van der Waals surface area contributed by atoms with E-state index in [-0.39, 0.29) is 0 Å². The maximum absolute atomic E-state index is 5.47.